The topological polar surface area (TPSA) is 59.4 Å². The number of benzene rings is 1. The van der Waals surface area contributed by atoms with Crippen LogP contribution in [0.1, 0.15) is 21.6 Å². The Morgan fingerprint density at radius 1 is 1.50 bits per heavy atom. The highest BCUT2D eigenvalue weighted by Crippen LogP contribution is 2.26. The van der Waals surface area contributed by atoms with Crippen LogP contribution >= 0.6 is 11.6 Å². The number of carbonyl (C=O) groups is 1. The van der Waals surface area contributed by atoms with E-state index < -0.39 is 5.97 Å². The highest BCUT2D eigenvalue weighted by Gasteiger charge is 2.18. The molecule has 0 aliphatic heterocycles. The fourth-order valence-corrected chi connectivity index (χ4v) is 2.13. The van der Waals surface area contributed by atoms with E-state index in [1.807, 2.05) is 0 Å². The average molecular weight is 266 g/mol. The molecule has 0 saturated carbocycles. The smallest absolute Gasteiger partial charge is 0.336 e. The number of aryl methyl sites for hydroxylation is 1. The number of methoxy groups -OCH3 is 1. The summed E-state index contributed by atoms with van der Waals surface area (Å²) in [5, 5.41) is 10.5. The molecule has 0 spiro atoms. The van der Waals surface area contributed by atoms with Crippen molar-refractivity contribution in [1.82, 2.24) is 4.98 Å². The summed E-state index contributed by atoms with van der Waals surface area (Å²) in [6, 6.07) is 4.99. The minimum Gasteiger partial charge on any atom is -0.478 e. The van der Waals surface area contributed by atoms with Crippen LogP contribution in [0.25, 0.3) is 10.9 Å². The van der Waals surface area contributed by atoms with Gasteiger partial charge in [-0.25, -0.2) is 4.79 Å². The Morgan fingerprint density at radius 2 is 2.22 bits per heavy atom. The first-order valence-corrected chi connectivity index (χ1v) is 5.73. The lowest BCUT2D eigenvalue weighted by Crippen LogP contribution is -2.08. The molecule has 2 rings (SSSR count). The first-order valence-electron chi connectivity index (χ1n) is 5.35. The summed E-state index contributed by atoms with van der Waals surface area (Å²) >= 11 is 5.89. The lowest BCUT2D eigenvalue weighted by molar-refractivity contribution is 0.0694. The van der Waals surface area contributed by atoms with E-state index in [0.29, 0.717) is 27.2 Å². The molecule has 1 aromatic carbocycles. The number of hydrogen-bond acceptors (Lipinski definition) is 3. The first-order chi connectivity index (χ1) is 8.54. The van der Waals surface area contributed by atoms with Gasteiger partial charge in [0.2, 0.25) is 0 Å². The third-order valence-electron chi connectivity index (χ3n) is 2.76. The summed E-state index contributed by atoms with van der Waals surface area (Å²) < 4.78 is 5.04. The number of aromatic nitrogens is 1. The van der Waals surface area contributed by atoms with Crippen molar-refractivity contribution < 1.29 is 14.6 Å². The molecule has 94 valence electrons. The summed E-state index contributed by atoms with van der Waals surface area (Å²) in [5.41, 5.74) is 2.05. The number of aromatic carboxylic acids is 1. The van der Waals surface area contributed by atoms with Crippen molar-refractivity contribution in [1.29, 1.82) is 0 Å². The van der Waals surface area contributed by atoms with Gasteiger partial charge in [0.25, 0.3) is 0 Å². The molecule has 4 nitrogen and oxygen atoms in total. The van der Waals surface area contributed by atoms with Gasteiger partial charge in [-0.05, 0) is 19.1 Å². The Labute approximate surface area is 109 Å². The van der Waals surface area contributed by atoms with E-state index in [1.165, 1.54) is 7.11 Å². The molecule has 18 heavy (non-hydrogen) atoms. The van der Waals surface area contributed by atoms with Gasteiger partial charge in [-0.15, -0.1) is 0 Å². The van der Waals surface area contributed by atoms with Crippen LogP contribution in [0, 0.1) is 6.92 Å². The van der Waals surface area contributed by atoms with Gasteiger partial charge in [-0.1, -0.05) is 17.7 Å². The number of carboxylic acids is 1. The first kappa shape index (κ1) is 12.8. The van der Waals surface area contributed by atoms with E-state index in [9.17, 15) is 9.90 Å². The summed E-state index contributed by atoms with van der Waals surface area (Å²) in [5.74, 6) is -0.986. The second-order valence-electron chi connectivity index (χ2n) is 3.95. The van der Waals surface area contributed by atoms with Crippen LogP contribution in [0.2, 0.25) is 5.02 Å². The van der Waals surface area contributed by atoms with Crippen LogP contribution in [0.5, 0.6) is 0 Å². The largest absolute Gasteiger partial charge is 0.478 e. The Morgan fingerprint density at radius 3 is 2.83 bits per heavy atom. The maximum Gasteiger partial charge on any atom is 0.336 e. The summed E-state index contributed by atoms with van der Waals surface area (Å²) in [7, 11) is 1.52. The van der Waals surface area contributed by atoms with E-state index >= 15 is 0 Å². The lowest BCUT2D eigenvalue weighted by atomic mass is 10.0. The summed E-state index contributed by atoms with van der Waals surface area (Å²) in [6.45, 7) is 1.99. The molecule has 0 fully saturated rings. The van der Waals surface area contributed by atoms with E-state index in [2.05, 4.69) is 4.98 Å². The number of nitrogens with zero attached hydrogens (tertiary/aromatic N) is 1. The molecular formula is C13H12ClNO3. The maximum atomic E-state index is 11.4. The predicted molar refractivity (Wildman–Crippen MR) is 69.2 cm³/mol. The normalized spacial score (nSPS) is 10.8. The summed E-state index contributed by atoms with van der Waals surface area (Å²) in [6.07, 6.45) is 0. The molecule has 0 radical (unpaired) electrons. The fourth-order valence-electron chi connectivity index (χ4n) is 1.97. The lowest BCUT2D eigenvalue weighted by Gasteiger charge is -2.12. The average Bonchev–Trinajstić information content (AvgIpc) is 2.29. The zero-order valence-electron chi connectivity index (χ0n) is 10.0. The minimum atomic E-state index is -0.986. The zero-order chi connectivity index (χ0) is 13.3. The number of rotatable bonds is 3. The quantitative estimate of drug-likeness (QED) is 0.927. The van der Waals surface area contributed by atoms with Crippen LogP contribution in [-0.2, 0) is 11.3 Å². The SMILES string of the molecule is COCc1c(C)nc2cc(Cl)ccc2c1C(=O)O. The van der Waals surface area contributed by atoms with Crippen LogP contribution in [0.3, 0.4) is 0 Å². The molecule has 0 aliphatic rings. The van der Waals surface area contributed by atoms with Gasteiger partial charge in [0.15, 0.2) is 0 Å². The highest BCUT2D eigenvalue weighted by atomic mass is 35.5. The highest BCUT2D eigenvalue weighted by molar-refractivity contribution is 6.31. The maximum absolute atomic E-state index is 11.4. The number of hydrogen-bond donors (Lipinski definition) is 1. The van der Waals surface area contributed by atoms with Gasteiger partial charge in [0, 0.05) is 28.8 Å². The van der Waals surface area contributed by atoms with Crippen LogP contribution < -0.4 is 0 Å². The van der Waals surface area contributed by atoms with Crippen molar-refractivity contribution in [3.05, 3.63) is 40.0 Å². The molecule has 1 heterocycles. The van der Waals surface area contributed by atoms with Gasteiger partial charge in [0.1, 0.15) is 0 Å². The van der Waals surface area contributed by atoms with E-state index in [4.69, 9.17) is 16.3 Å². The van der Waals surface area contributed by atoms with Crippen molar-refractivity contribution in [3.63, 3.8) is 0 Å². The Bertz CT molecular complexity index is 625. The standard InChI is InChI=1S/C13H12ClNO3/c1-7-10(6-18-2)12(13(16)17)9-4-3-8(14)5-11(9)15-7/h3-5H,6H2,1-2H3,(H,16,17). The number of halogens is 1. The molecule has 0 atom stereocenters. The van der Waals surface area contributed by atoms with Crippen LogP contribution in [0.4, 0.5) is 0 Å². The third kappa shape index (κ3) is 2.17. The van der Waals surface area contributed by atoms with Gasteiger partial charge < -0.3 is 9.84 Å². The van der Waals surface area contributed by atoms with Gasteiger partial charge in [-0.3, -0.25) is 4.98 Å². The zero-order valence-corrected chi connectivity index (χ0v) is 10.8. The minimum absolute atomic E-state index is 0.221. The van der Waals surface area contributed by atoms with Gasteiger partial charge in [0.05, 0.1) is 17.7 Å². The molecule has 0 saturated heterocycles. The van der Waals surface area contributed by atoms with E-state index in [-0.39, 0.29) is 12.2 Å². The van der Waals surface area contributed by atoms with Gasteiger partial charge >= 0.3 is 5.97 Å². The van der Waals surface area contributed by atoms with E-state index in [1.54, 1.807) is 25.1 Å². The molecule has 1 aromatic heterocycles. The number of ether oxygens (including phenoxy) is 1. The number of fused-ring (bicyclic) bond motifs is 1. The van der Waals surface area contributed by atoms with Crippen molar-refractivity contribution in [2.24, 2.45) is 0 Å². The number of carboxylic acid groups (broad SMARTS) is 1. The molecule has 5 heteroatoms. The fraction of sp³-hybridized carbons (Fsp3) is 0.231. The molecule has 0 amide bonds. The van der Waals surface area contributed by atoms with Crippen molar-refractivity contribution >= 4 is 28.5 Å². The van der Waals surface area contributed by atoms with Gasteiger partial charge in [-0.2, -0.15) is 0 Å². The van der Waals surface area contributed by atoms with Crippen LogP contribution in [0.15, 0.2) is 18.2 Å². The van der Waals surface area contributed by atoms with Crippen LogP contribution in [-0.4, -0.2) is 23.2 Å². The molecular weight excluding hydrogens is 254 g/mol. The van der Waals surface area contributed by atoms with E-state index in [0.717, 1.165) is 0 Å². The molecule has 1 N–H and O–H groups in total. The second-order valence-corrected chi connectivity index (χ2v) is 4.39. The third-order valence-corrected chi connectivity index (χ3v) is 2.99. The Kier molecular flexibility index (Phi) is 3.50. The summed E-state index contributed by atoms with van der Waals surface area (Å²) in [4.78, 5) is 15.8. The number of pyridine rings is 1. The van der Waals surface area contributed by atoms with Crippen molar-refractivity contribution in [2.45, 2.75) is 13.5 Å². The second kappa shape index (κ2) is 4.92. The predicted octanol–water partition coefficient (Wildman–Crippen LogP) is 3.04. The Hall–Kier alpha value is -1.65. The molecule has 2 aromatic rings. The molecule has 0 bridgehead atoms. The molecule has 0 unspecified atom stereocenters. The monoisotopic (exact) mass is 265 g/mol. The Balaban J connectivity index is 2.84. The van der Waals surface area contributed by atoms with Crippen molar-refractivity contribution in [2.75, 3.05) is 7.11 Å². The van der Waals surface area contributed by atoms with Crippen molar-refractivity contribution in [3.8, 4) is 0 Å². The molecule has 0 aliphatic carbocycles.